The SMILES string of the molecule is CCCCCCC/C=C\C/C=C\CCCCCCCCCCCCCC(=O)OC(CO)COC(=O)CCCCCCCCCCCCCCCCCCCCCCCCCCCCCCCCCCCCCCCCC. The average molecular weight is 1070 g/mol. The fraction of sp³-hybridized carbons (Fsp3) is 0.915. The molecule has 0 spiro atoms. The van der Waals surface area contributed by atoms with E-state index in [0.717, 1.165) is 38.5 Å². The van der Waals surface area contributed by atoms with Gasteiger partial charge in [-0.3, -0.25) is 9.59 Å². The van der Waals surface area contributed by atoms with E-state index in [9.17, 15) is 14.7 Å². The highest BCUT2D eigenvalue weighted by Gasteiger charge is 2.16. The summed E-state index contributed by atoms with van der Waals surface area (Å²) in [5.74, 6) is -0.570. The monoisotopic (exact) mass is 1070 g/mol. The number of hydrogen-bond acceptors (Lipinski definition) is 5. The number of rotatable bonds is 66. The minimum absolute atomic E-state index is 0.0604. The number of esters is 2. The van der Waals surface area contributed by atoms with Gasteiger partial charge >= 0.3 is 11.9 Å². The van der Waals surface area contributed by atoms with Gasteiger partial charge in [0.25, 0.3) is 0 Å². The number of aliphatic hydroxyl groups excluding tert-OH is 1. The summed E-state index contributed by atoms with van der Waals surface area (Å²) in [5.41, 5.74) is 0. The average Bonchev–Trinajstić information content (AvgIpc) is 3.42. The van der Waals surface area contributed by atoms with Crippen LogP contribution in [0.5, 0.6) is 0 Å². The summed E-state index contributed by atoms with van der Waals surface area (Å²) < 4.78 is 10.8. The Hall–Kier alpha value is -1.62. The quantitative estimate of drug-likeness (QED) is 0.0373. The molecule has 0 aliphatic carbocycles. The summed E-state index contributed by atoms with van der Waals surface area (Å²) in [5, 5.41) is 9.69. The van der Waals surface area contributed by atoms with Gasteiger partial charge in [-0.2, -0.15) is 0 Å². The zero-order chi connectivity index (χ0) is 54.8. The minimum Gasteiger partial charge on any atom is -0.462 e. The van der Waals surface area contributed by atoms with Crippen molar-refractivity contribution in [3.8, 4) is 0 Å². The molecular formula is C71H136O5. The highest BCUT2D eigenvalue weighted by atomic mass is 16.6. The Morgan fingerprint density at radius 3 is 0.776 bits per heavy atom. The first-order valence-corrected chi connectivity index (χ1v) is 34.9. The molecule has 0 aromatic heterocycles. The summed E-state index contributed by atoms with van der Waals surface area (Å²) >= 11 is 0. The first-order valence-electron chi connectivity index (χ1n) is 34.9. The molecule has 0 bridgehead atoms. The van der Waals surface area contributed by atoms with Crippen LogP contribution in [0.2, 0.25) is 0 Å². The third-order valence-electron chi connectivity index (χ3n) is 16.2. The third kappa shape index (κ3) is 64.9. The molecule has 0 saturated carbocycles. The molecule has 1 atom stereocenters. The number of unbranched alkanes of at least 4 members (excludes halogenated alkanes) is 54. The highest BCUT2D eigenvalue weighted by Crippen LogP contribution is 2.19. The molecule has 0 saturated heterocycles. The predicted molar refractivity (Wildman–Crippen MR) is 335 cm³/mol. The molecular weight excluding hydrogens is 933 g/mol. The first-order chi connectivity index (χ1) is 37.6. The van der Waals surface area contributed by atoms with Gasteiger partial charge in [0.05, 0.1) is 6.61 Å². The fourth-order valence-corrected chi connectivity index (χ4v) is 11.0. The largest absolute Gasteiger partial charge is 0.462 e. The number of carbonyl (C=O) groups excluding carboxylic acids is 2. The molecule has 450 valence electrons. The van der Waals surface area contributed by atoms with Crippen molar-refractivity contribution in [2.75, 3.05) is 13.2 Å². The zero-order valence-electron chi connectivity index (χ0n) is 51.8. The zero-order valence-corrected chi connectivity index (χ0v) is 51.8. The molecule has 0 aliphatic heterocycles. The number of ether oxygens (including phenoxy) is 2. The van der Waals surface area contributed by atoms with Gasteiger partial charge in [0.2, 0.25) is 0 Å². The van der Waals surface area contributed by atoms with E-state index in [1.807, 2.05) is 0 Å². The molecule has 5 heteroatoms. The van der Waals surface area contributed by atoms with Crippen molar-refractivity contribution in [3.63, 3.8) is 0 Å². The molecule has 0 amide bonds. The van der Waals surface area contributed by atoms with Crippen LogP contribution >= 0.6 is 0 Å². The number of aliphatic hydroxyl groups is 1. The van der Waals surface area contributed by atoms with E-state index in [1.165, 1.54) is 334 Å². The van der Waals surface area contributed by atoms with Crippen LogP contribution in [0.15, 0.2) is 24.3 Å². The molecule has 0 aromatic carbocycles. The van der Waals surface area contributed by atoms with Crippen molar-refractivity contribution in [2.45, 2.75) is 405 Å². The van der Waals surface area contributed by atoms with Crippen LogP contribution in [0.3, 0.4) is 0 Å². The number of hydrogen-bond donors (Lipinski definition) is 1. The maximum Gasteiger partial charge on any atom is 0.306 e. The van der Waals surface area contributed by atoms with Crippen LogP contribution in [0.4, 0.5) is 0 Å². The van der Waals surface area contributed by atoms with Gasteiger partial charge < -0.3 is 14.6 Å². The maximum atomic E-state index is 12.3. The smallest absolute Gasteiger partial charge is 0.306 e. The lowest BCUT2D eigenvalue weighted by atomic mass is 10.0. The van der Waals surface area contributed by atoms with Crippen molar-refractivity contribution in [1.82, 2.24) is 0 Å². The Kier molecular flexibility index (Phi) is 66.2. The van der Waals surface area contributed by atoms with E-state index in [0.29, 0.717) is 12.8 Å². The van der Waals surface area contributed by atoms with Crippen LogP contribution in [0, 0.1) is 0 Å². The van der Waals surface area contributed by atoms with Crippen LogP contribution < -0.4 is 0 Å². The predicted octanol–water partition coefficient (Wildman–Crippen LogP) is 24.0. The van der Waals surface area contributed by atoms with Crippen molar-refractivity contribution >= 4 is 11.9 Å². The molecule has 0 radical (unpaired) electrons. The first kappa shape index (κ1) is 74.4. The molecule has 0 aliphatic rings. The molecule has 5 nitrogen and oxygen atoms in total. The van der Waals surface area contributed by atoms with Gasteiger partial charge in [0.15, 0.2) is 6.10 Å². The Morgan fingerprint density at radius 2 is 0.526 bits per heavy atom. The second kappa shape index (κ2) is 67.7. The summed E-state index contributed by atoms with van der Waals surface area (Å²) in [7, 11) is 0. The number of carbonyl (C=O) groups is 2. The second-order valence-electron chi connectivity index (χ2n) is 24.0. The lowest BCUT2D eigenvalue weighted by Gasteiger charge is -2.15. The molecule has 76 heavy (non-hydrogen) atoms. The van der Waals surface area contributed by atoms with Crippen LogP contribution in [0.1, 0.15) is 399 Å². The summed E-state index contributed by atoms with van der Waals surface area (Å²) in [6.45, 7) is 4.19. The lowest BCUT2D eigenvalue weighted by Crippen LogP contribution is -2.28. The lowest BCUT2D eigenvalue weighted by molar-refractivity contribution is -0.161. The van der Waals surface area contributed by atoms with Crippen molar-refractivity contribution < 1.29 is 24.2 Å². The summed E-state index contributed by atoms with van der Waals surface area (Å²) in [4.78, 5) is 24.6. The van der Waals surface area contributed by atoms with Crippen molar-refractivity contribution in [1.29, 1.82) is 0 Å². The van der Waals surface area contributed by atoms with Crippen molar-refractivity contribution in [3.05, 3.63) is 24.3 Å². The van der Waals surface area contributed by atoms with E-state index in [4.69, 9.17) is 9.47 Å². The van der Waals surface area contributed by atoms with Gasteiger partial charge in [0, 0.05) is 12.8 Å². The van der Waals surface area contributed by atoms with E-state index in [-0.39, 0.29) is 25.2 Å². The fourth-order valence-electron chi connectivity index (χ4n) is 11.0. The van der Waals surface area contributed by atoms with Gasteiger partial charge in [0.1, 0.15) is 6.61 Å². The molecule has 0 fully saturated rings. The minimum atomic E-state index is -0.771. The van der Waals surface area contributed by atoms with Gasteiger partial charge in [-0.1, -0.05) is 366 Å². The van der Waals surface area contributed by atoms with E-state index >= 15 is 0 Å². The standard InChI is InChI=1S/C71H136O5/c1-3-5-7-9-11-13-15-17-19-21-23-25-27-28-29-30-31-32-33-34-35-36-37-38-39-40-41-42-44-45-47-49-51-53-55-57-59-61-63-65-70(73)75-68-69(67-72)76-71(74)66-64-62-60-58-56-54-52-50-48-46-43-26-24-22-20-18-16-14-12-10-8-6-4-2/h16,18,22,24,69,72H,3-15,17,19-21,23,25-68H2,1-2H3/b18-16-,24-22-. The Labute approximate surface area is 476 Å². The molecule has 1 unspecified atom stereocenters. The van der Waals surface area contributed by atoms with Gasteiger partial charge in [-0.15, -0.1) is 0 Å². The van der Waals surface area contributed by atoms with Crippen LogP contribution in [0.25, 0.3) is 0 Å². The molecule has 0 rings (SSSR count). The normalized spacial score (nSPS) is 12.2. The topological polar surface area (TPSA) is 72.8 Å². The third-order valence-corrected chi connectivity index (χ3v) is 16.2. The van der Waals surface area contributed by atoms with E-state index in [2.05, 4.69) is 38.2 Å². The molecule has 0 aromatic rings. The second-order valence-corrected chi connectivity index (χ2v) is 24.0. The van der Waals surface area contributed by atoms with E-state index < -0.39 is 6.10 Å². The van der Waals surface area contributed by atoms with Crippen LogP contribution in [-0.2, 0) is 19.1 Å². The maximum absolute atomic E-state index is 12.3. The Balaban J connectivity index is 3.35. The molecule has 1 N–H and O–H groups in total. The Bertz CT molecular complexity index is 1160. The van der Waals surface area contributed by atoms with Gasteiger partial charge in [-0.25, -0.2) is 0 Å². The summed E-state index contributed by atoms with van der Waals surface area (Å²) in [6, 6.07) is 0. The van der Waals surface area contributed by atoms with Crippen molar-refractivity contribution in [2.24, 2.45) is 0 Å². The Morgan fingerprint density at radius 1 is 0.303 bits per heavy atom. The van der Waals surface area contributed by atoms with Crippen LogP contribution in [-0.4, -0.2) is 36.4 Å². The summed E-state index contributed by atoms with van der Waals surface area (Å²) in [6.07, 6.45) is 88.0. The van der Waals surface area contributed by atoms with Gasteiger partial charge in [-0.05, 0) is 44.9 Å². The van der Waals surface area contributed by atoms with E-state index in [1.54, 1.807) is 0 Å². The molecule has 0 heterocycles. The number of allylic oxidation sites excluding steroid dienone is 4. The highest BCUT2D eigenvalue weighted by molar-refractivity contribution is 5.70.